The molecule has 2 aromatic carbocycles. The van der Waals surface area contributed by atoms with Crippen LogP contribution in [0.1, 0.15) is 11.7 Å². The molecule has 0 N–H and O–H groups in total. The molecule has 0 radical (unpaired) electrons. The molecule has 0 aliphatic carbocycles. The van der Waals surface area contributed by atoms with Gasteiger partial charge in [0.25, 0.3) is 0 Å². The Morgan fingerprint density at radius 1 is 1.21 bits per heavy atom. The second-order valence-electron chi connectivity index (χ2n) is 4.35. The number of ether oxygens (including phenoxy) is 2. The number of methoxy groups -OCH3 is 1. The molecule has 1 aliphatic rings. The largest absolute Gasteiger partial charge is 0.473 e. The Bertz CT molecular complexity index is 645. The Balaban J connectivity index is 2.07. The van der Waals surface area contributed by atoms with Crippen LogP contribution in [0.3, 0.4) is 0 Å². The van der Waals surface area contributed by atoms with Gasteiger partial charge in [-0.15, -0.1) is 0 Å². The van der Waals surface area contributed by atoms with Gasteiger partial charge < -0.3 is 9.47 Å². The minimum atomic E-state index is -0.629. The maximum atomic E-state index is 11.7. The molecular weight excluding hydrogens is 242 g/mol. The highest BCUT2D eigenvalue weighted by atomic mass is 16.5. The fraction of sp³-hybridized carbons (Fsp3) is 0.200. The van der Waals surface area contributed by atoms with E-state index in [0.29, 0.717) is 0 Å². The minimum Gasteiger partial charge on any atom is -0.473 e. The van der Waals surface area contributed by atoms with Crippen molar-refractivity contribution >= 4 is 23.1 Å². The van der Waals surface area contributed by atoms with Gasteiger partial charge in [0, 0.05) is 5.56 Å². The van der Waals surface area contributed by atoms with Crippen molar-refractivity contribution in [1.29, 1.82) is 0 Å². The molecule has 0 unspecified atom stereocenters. The molecule has 0 bridgehead atoms. The molecule has 1 aliphatic heterocycles. The van der Waals surface area contributed by atoms with Gasteiger partial charge in [-0.3, -0.25) is 0 Å². The van der Waals surface area contributed by atoms with Crippen molar-refractivity contribution in [3.8, 4) is 0 Å². The third-order valence-corrected chi connectivity index (χ3v) is 3.29. The van der Waals surface area contributed by atoms with Crippen LogP contribution in [0.15, 0.2) is 47.5 Å². The molecule has 96 valence electrons. The van der Waals surface area contributed by atoms with Gasteiger partial charge in [-0.25, -0.2) is 9.79 Å². The summed E-state index contributed by atoms with van der Waals surface area (Å²) in [6.07, 6.45) is 0.909. The number of hydrogen-bond donors (Lipinski definition) is 0. The fourth-order valence-corrected chi connectivity index (χ4v) is 2.37. The van der Waals surface area contributed by atoms with Crippen LogP contribution in [0.4, 0.5) is 0 Å². The maximum absolute atomic E-state index is 11.7. The lowest BCUT2D eigenvalue weighted by Gasteiger charge is -2.17. The molecule has 0 amide bonds. The first-order valence-corrected chi connectivity index (χ1v) is 6.04. The number of carbonyl (C=O) groups is 1. The average Bonchev–Trinajstić information content (AvgIpc) is 2.95. The summed E-state index contributed by atoms with van der Waals surface area (Å²) in [4.78, 5) is 15.8. The SMILES string of the molecule is COC(=O)[C@H]1N=CO[C@@H]1c1cccc2ccccc12. The topological polar surface area (TPSA) is 47.9 Å². The van der Waals surface area contributed by atoms with Gasteiger partial charge in [0.2, 0.25) is 0 Å². The van der Waals surface area contributed by atoms with Crippen molar-refractivity contribution in [1.82, 2.24) is 0 Å². The predicted octanol–water partition coefficient (Wildman–Crippen LogP) is 2.48. The van der Waals surface area contributed by atoms with Crippen LogP contribution in [0, 0.1) is 0 Å². The van der Waals surface area contributed by atoms with E-state index in [-0.39, 0.29) is 5.97 Å². The molecule has 0 aromatic heterocycles. The Morgan fingerprint density at radius 2 is 2.00 bits per heavy atom. The summed E-state index contributed by atoms with van der Waals surface area (Å²) in [5.74, 6) is -0.383. The maximum Gasteiger partial charge on any atom is 0.334 e. The summed E-state index contributed by atoms with van der Waals surface area (Å²) in [7, 11) is 1.36. The van der Waals surface area contributed by atoms with E-state index >= 15 is 0 Å². The smallest absolute Gasteiger partial charge is 0.334 e. The summed E-state index contributed by atoms with van der Waals surface area (Å²) < 4.78 is 10.3. The van der Waals surface area contributed by atoms with E-state index in [9.17, 15) is 4.79 Å². The van der Waals surface area contributed by atoms with Gasteiger partial charge in [-0.1, -0.05) is 42.5 Å². The molecule has 1 heterocycles. The average molecular weight is 255 g/mol. The zero-order valence-corrected chi connectivity index (χ0v) is 10.4. The fourth-order valence-electron chi connectivity index (χ4n) is 2.37. The minimum absolute atomic E-state index is 0.383. The number of nitrogens with zero attached hydrogens (tertiary/aromatic N) is 1. The quantitative estimate of drug-likeness (QED) is 0.774. The van der Waals surface area contributed by atoms with E-state index in [1.807, 2.05) is 42.5 Å². The molecule has 0 saturated heterocycles. The standard InChI is InChI=1S/C15H13NO3/c1-18-15(17)13-14(19-9-16-13)12-8-4-6-10-5-2-3-7-11(10)12/h2-9,13-14H,1H3/t13-,14+/m0/s1. The van der Waals surface area contributed by atoms with E-state index in [0.717, 1.165) is 16.3 Å². The first kappa shape index (κ1) is 11.7. The third-order valence-electron chi connectivity index (χ3n) is 3.29. The van der Waals surface area contributed by atoms with Crippen molar-refractivity contribution in [2.45, 2.75) is 12.1 Å². The second kappa shape index (κ2) is 4.72. The van der Waals surface area contributed by atoms with Gasteiger partial charge in [0.1, 0.15) is 0 Å². The summed E-state index contributed by atoms with van der Waals surface area (Å²) >= 11 is 0. The Labute approximate surface area is 110 Å². The first-order chi connectivity index (χ1) is 9.31. The van der Waals surface area contributed by atoms with Crippen molar-refractivity contribution < 1.29 is 14.3 Å². The summed E-state index contributed by atoms with van der Waals surface area (Å²) in [6.45, 7) is 0. The molecule has 4 heteroatoms. The highest BCUT2D eigenvalue weighted by Crippen LogP contribution is 2.32. The van der Waals surface area contributed by atoms with E-state index in [1.165, 1.54) is 13.5 Å². The highest BCUT2D eigenvalue weighted by molar-refractivity contribution is 5.88. The number of hydrogen-bond acceptors (Lipinski definition) is 4. The van der Waals surface area contributed by atoms with Crippen LogP contribution in [-0.4, -0.2) is 25.5 Å². The van der Waals surface area contributed by atoms with Crippen molar-refractivity contribution in [2.24, 2.45) is 4.99 Å². The summed E-state index contributed by atoms with van der Waals surface area (Å²) in [5, 5.41) is 2.17. The molecule has 0 fully saturated rings. The molecular formula is C15H13NO3. The van der Waals surface area contributed by atoms with Crippen molar-refractivity contribution in [2.75, 3.05) is 7.11 Å². The Morgan fingerprint density at radius 3 is 2.84 bits per heavy atom. The van der Waals surface area contributed by atoms with Gasteiger partial charge in [0.15, 0.2) is 18.5 Å². The lowest BCUT2D eigenvalue weighted by Crippen LogP contribution is -2.25. The molecule has 0 spiro atoms. The van der Waals surface area contributed by atoms with Crippen LogP contribution >= 0.6 is 0 Å². The van der Waals surface area contributed by atoms with Crippen LogP contribution in [0.25, 0.3) is 10.8 Å². The van der Waals surface area contributed by atoms with Gasteiger partial charge in [0.05, 0.1) is 7.11 Å². The Kier molecular flexibility index (Phi) is 2.91. The second-order valence-corrected chi connectivity index (χ2v) is 4.35. The number of fused-ring (bicyclic) bond motifs is 1. The predicted molar refractivity (Wildman–Crippen MR) is 72.1 cm³/mol. The van der Waals surface area contributed by atoms with E-state index < -0.39 is 12.1 Å². The number of esters is 1. The monoisotopic (exact) mass is 255 g/mol. The number of benzene rings is 2. The third kappa shape index (κ3) is 1.95. The van der Waals surface area contributed by atoms with Crippen LogP contribution < -0.4 is 0 Å². The Hall–Kier alpha value is -2.36. The summed E-state index contributed by atoms with van der Waals surface area (Å²) in [6, 6.07) is 13.3. The van der Waals surface area contributed by atoms with Crippen LogP contribution in [0.2, 0.25) is 0 Å². The van der Waals surface area contributed by atoms with Crippen molar-refractivity contribution in [3.63, 3.8) is 0 Å². The van der Waals surface area contributed by atoms with Crippen LogP contribution in [-0.2, 0) is 14.3 Å². The van der Waals surface area contributed by atoms with E-state index in [4.69, 9.17) is 9.47 Å². The zero-order chi connectivity index (χ0) is 13.2. The highest BCUT2D eigenvalue weighted by Gasteiger charge is 2.35. The lowest BCUT2D eigenvalue weighted by molar-refractivity contribution is -0.143. The van der Waals surface area contributed by atoms with E-state index in [1.54, 1.807) is 0 Å². The molecule has 2 atom stereocenters. The number of aliphatic imine (C=N–C) groups is 1. The normalized spacial score (nSPS) is 21.3. The van der Waals surface area contributed by atoms with Gasteiger partial charge in [-0.05, 0) is 10.8 Å². The van der Waals surface area contributed by atoms with Crippen LogP contribution in [0.5, 0.6) is 0 Å². The van der Waals surface area contributed by atoms with Gasteiger partial charge in [-0.2, -0.15) is 0 Å². The van der Waals surface area contributed by atoms with Crippen molar-refractivity contribution in [3.05, 3.63) is 48.0 Å². The van der Waals surface area contributed by atoms with Gasteiger partial charge >= 0.3 is 5.97 Å². The molecule has 0 saturated carbocycles. The molecule has 3 rings (SSSR count). The van der Waals surface area contributed by atoms with E-state index in [2.05, 4.69) is 4.99 Å². The summed E-state index contributed by atoms with van der Waals surface area (Å²) in [5.41, 5.74) is 0.950. The lowest BCUT2D eigenvalue weighted by atomic mass is 9.96. The zero-order valence-electron chi connectivity index (χ0n) is 10.4. The number of rotatable bonds is 2. The number of carbonyl (C=O) groups excluding carboxylic acids is 1. The molecule has 4 nitrogen and oxygen atoms in total. The molecule has 19 heavy (non-hydrogen) atoms. The molecule has 2 aromatic rings. The first-order valence-electron chi connectivity index (χ1n) is 6.04.